The third kappa shape index (κ3) is 2.06. The van der Waals surface area contributed by atoms with Gasteiger partial charge >= 0.3 is 0 Å². The zero-order valence-electron chi connectivity index (χ0n) is 9.98. The fraction of sp³-hybridized carbons (Fsp3) is 0.750. The quantitative estimate of drug-likeness (QED) is 0.848. The van der Waals surface area contributed by atoms with Gasteiger partial charge in [-0.05, 0) is 25.7 Å². The highest BCUT2D eigenvalue weighted by Crippen LogP contribution is 2.26. The van der Waals surface area contributed by atoms with E-state index in [1.54, 1.807) is 0 Å². The predicted octanol–water partition coefficient (Wildman–Crippen LogP) is 1.74. The molecule has 0 unspecified atom stereocenters. The second-order valence-corrected chi connectivity index (χ2v) is 5.02. The van der Waals surface area contributed by atoms with Gasteiger partial charge in [-0.3, -0.25) is 14.7 Å². The second-order valence-electron chi connectivity index (χ2n) is 5.02. The van der Waals surface area contributed by atoms with Crippen molar-refractivity contribution in [2.24, 2.45) is 5.92 Å². The van der Waals surface area contributed by atoms with Crippen LogP contribution in [-0.4, -0.2) is 20.7 Å². The molecule has 1 aromatic heterocycles. The number of rotatable bonds is 2. The zero-order chi connectivity index (χ0) is 11.7. The number of aryl methyl sites for hydroxylation is 1. The lowest BCUT2D eigenvalue weighted by Crippen LogP contribution is -2.23. The van der Waals surface area contributed by atoms with Crippen LogP contribution in [0, 0.1) is 5.92 Å². The number of carbonyl (C=O) groups excluding carboxylic acids is 1. The molecule has 0 bridgehead atoms. The van der Waals surface area contributed by atoms with Crippen LogP contribution in [0.1, 0.15) is 44.3 Å². The number of aromatic nitrogens is 3. The van der Waals surface area contributed by atoms with Crippen molar-refractivity contribution >= 4 is 11.9 Å². The van der Waals surface area contributed by atoms with Crippen LogP contribution in [0.2, 0.25) is 0 Å². The molecule has 1 amide bonds. The van der Waals surface area contributed by atoms with Gasteiger partial charge in [0.15, 0.2) is 0 Å². The number of fused-ring (bicyclic) bond motifs is 1. The molecule has 2 heterocycles. The maximum atomic E-state index is 12.0. The summed E-state index contributed by atoms with van der Waals surface area (Å²) in [6.07, 6.45) is 7.70. The number of hydrogen-bond acceptors (Lipinski definition) is 3. The topological polar surface area (TPSA) is 59.8 Å². The molecule has 5 heteroatoms. The van der Waals surface area contributed by atoms with Crippen molar-refractivity contribution in [3.8, 4) is 0 Å². The average Bonchev–Trinajstić information content (AvgIpc) is 2.98. The molecule has 0 atom stereocenters. The number of hydrogen-bond donors (Lipinski definition) is 1. The molecule has 1 saturated carbocycles. The van der Waals surface area contributed by atoms with Crippen LogP contribution in [0.4, 0.5) is 5.95 Å². The molecule has 1 aromatic rings. The van der Waals surface area contributed by atoms with Gasteiger partial charge < -0.3 is 0 Å². The maximum absolute atomic E-state index is 12.0. The lowest BCUT2D eigenvalue weighted by atomic mass is 10.1. The predicted molar refractivity (Wildman–Crippen MR) is 63.5 cm³/mol. The maximum Gasteiger partial charge on any atom is 0.231 e. The van der Waals surface area contributed by atoms with Crippen LogP contribution < -0.4 is 5.32 Å². The Morgan fingerprint density at radius 2 is 2.00 bits per heavy atom. The summed E-state index contributed by atoms with van der Waals surface area (Å²) in [6, 6.07) is 0. The Kier molecular flexibility index (Phi) is 2.82. The number of amides is 1. The van der Waals surface area contributed by atoms with Gasteiger partial charge in [-0.15, -0.1) is 10.2 Å². The molecule has 5 nitrogen and oxygen atoms in total. The van der Waals surface area contributed by atoms with Gasteiger partial charge in [-0.1, -0.05) is 12.8 Å². The van der Waals surface area contributed by atoms with E-state index in [2.05, 4.69) is 20.1 Å². The number of anilines is 1. The summed E-state index contributed by atoms with van der Waals surface area (Å²) in [4.78, 5) is 12.0. The average molecular weight is 234 g/mol. The van der Waals surface area contributed by atoms with Crippen molar-refractivity contribution < 1.29 is 4.79 Å². The van der Waals surface area contributed by atoms with E-state index in [9.17, 15) is 4.79 Å². The highest BCUT2D eigenvalue weighted by molar-refractivity contribution is 5.91. The van der Waals surface area contributed by atoms with E-state index in [4.69, 9.17) is 0 Å². The first-order chi connectivity index (χ1) is 8.34. The van der Waals surface area contributed by atoms with Crippen LogP contribution in [0.3, 0.4) is 0 Å². The number of nitrogens with zero attached hydrogens (tertiary/aromatic N) is 3. The molecule has 1 aliphatic carbocycles. The van der Waals surface area contributed by atoms with Gasteiger partial charge in [0, 0.05) is 18.9 Å². The molecule has 0 aromatic carbocycles. The van der Waals surface area contributed by atoms with E-state index in [1.807, 2.05) is 0 Å². The van der Waals surface area contributed by atoms with E-state index in [0.717, 1.165) is 38.1 Å². The molecule has 0 spiro atoms. The van der Waals surface area contributed by atoms with E-state index in [0.29, 0.717) is 5.95 Å². The molecule has 17 heavy (non-hydrogen) atoms. The molecule has 0 radical (unpaired) electrons. The summed E-state index contributed by atoms with van der Waals surface area (Å²) in [5.41, 5.74) is 0. The van der Waals surface area contributed by atoms with Gasteiger partial charge in [-0.25, -0.2) is 0 Å². The molecule has 1 aliphatic heterocycles. The van der Waals surface area contributed by atoms with Crippen LogP contribution >= 0.6 is 0 Å². The molecule has 1 fully saturated rings. The van der Waals surface area contributed by atoms with Gasteiger partial charge in [-0.2, -0.15) is 0 Å². The Balaban J connectivity index is 1.72. The van der Waals surface area contributed by atoms with E-state index in [1.165, 1.54) is 19.3 Å². The molecule has 3 rings (SSSR count). The van der Waals surface area contributed by atoms with Crippen LogP contribution in [-0.2, 0) is 17.8 Å². The summed E-state index contributed by atoms with van der Waals surface area (Å²) in [6.45, 7) is 0.933. The van der Waals surface area contributed by atoms with Gasteiger partial charge in [0.2, 0.25) is 11.9 Å². The Morgan fingerprint density at radius 1 is 1.18 bits per heavy atom. The van der Waals surface area contributed by atoms with Gasteiger partial charge in [0.1, 0.15) is 5.82 Å². The minimum atomic E-state index is 0.128. The van der Waals surface area contributed by atoms with Crippen LogP contribution in [0.15, 0.2) is 0 Å². The summed E-state index contributed by atoms with van der Waals surface area (Å²) in [5, 5.41) is 11.2. The first kappa shape index (κ1) is 10.7. The summed E-state index contributed by atoms with van der Waals surface area (Å²) in [7, 11) is 0. The Labute approximate surface area is 101 Å². The van der Waals surface area contributed by atoms with Gasteiger partial charge in [0.05, 0.1) is 0 Å². The van der Waals surface area contributed by atoms with Crippen molar-refractivity contribution in [1.82, 2.24) is 14.8 Å². The summed E-state index contributed by atoms with van der Waals surface area (Å²) >= 11 is 0. The summed E-state index contributed by atoms with van der Waals surface area (Å²) < 4.78 is 2.05. The van der Waals surface area contributed by atoms with Crippen molar-refractivity contribution in [2.45, 2.75) is 51.5 Å². The minimum absolute atomic E-state index is 0.128. The Bertz CT molecular complexity index is 420. The van der Waals surface area contributed by atoms with Crippen molar-refractivity contribution in [3.05, 3.63) is 5.82 Å². The third-order valence-corrected chi connectivity index (χ3v) is 3.82. The lowest BCUT2D eigenvalue weighted by molar-refractivity contribution is -0.119. The lowest BCUT2D eigenvalue weighted by Gasteiger charge is -2.15. The Hall–Kier alpha value is -1.39. The summed E-state index contributed by atoms with van der Waals surface area (Å²) in [5.74, 6) is 1.98. The smallest absolute Gasteiger partial charge is 0.231 e. The fourth-order valence-electron chi connectivity index (χ4n) is 2.80. The molecule has 1 N–H and O–H groups in total. The minimum Gasteiger partial charge on any atom is -0.297 e. The highest BCUT2D eigenvalue weighted by Gasteiger charge is 2.25. The van der Waals surface area contributed by atoms with Crippen molar-refractivity contribution in [2.75, 3.05) is 5.32 Å². The molecule has 2 aliphatic rings. The largest absolute Gasteiger partial charge is 0.297 e. The van der Waals surface area contributed by atoms with E-state index < -0.39 is 0 Å². The SMILES string of the molecule is O=C(Nc1nnc2n1CCCC2)C1CCCC1. The van der Waals surface area contributed by atoms with Crippen molar-refractivity contribution in [3.63, 3.8) is 0 Å². The first-order valence-electron chi connectivity index (χ1n) is 6.57. The molecule has 0 saturated heterocycles. The first-order valence-corrected chi connectivity index (χ1v) is 6.57. The molecule has 92 valence electrons. The fourth-order valence-corrected chi connectivity index (χ4v) is 2.80. The third-order valence-electron chi connectivity index (χ3n) is 3.82. The standard InChI is InChI=1S/C12H18N4O/c17-11(9-5-1-2-6-9)13-12-15-14-10-7-3-4-8-16(10)12/h9H,1-8H2,(H,13,15,17). The molecular formula is C12H18N4O. The van der Waals surface area contributed by atoms with E-state index >= 15 is 0 Å². The van der Waals surface area contributed by atoms with Crippen LogP contribution in [0.5, 0.6) is 0 Å². The van der Waals surface area contributed by atoms with Gasteiger partial charge in [0.25, 0.3) is 0 Å². The normalized spacial score (nSPS) is 20.2. The highest BCUT2D eigenvalue weighted by atomic mass is 16.2. The Morgan fingerprint density at radius 3 is 2.82 bits per heavy atom. The number of carbonyl (C=O) groups is 1. The second kappa shape index (κ2) is 4.47. The number of nitrogens with one attached hydrogen (secondary N) is 1. The van der Waals surface area contributed by atoms with Crippen molar-refractivity contribution in [1.29, 1.82) is 0 Å². The molecular weight excluding hydrogens is 216 g/mol. The van der Waals surface area contributed by atoms with E-state index in [-0.39, 0.29) is 11.8 Å². The monoisotopic (exact) mass is 234 g/mol. The zero-order valence-corrected chi connectivity index (χ0v) is 9.98. The van der Waals surface area contributed by atoms with Crippen LogP contribution in [0.25, 0.3) is 0 Å².